The monoisotopic (exact) mass is 465 g/mol. The van der Waals surface area contributed by atoms with Crippen molar-refractivity contribution in [3.8, 4) is 5.75 Å². The van der Waals surface area contributed by atoms with Gasteiger partial charge >= 0.3 is 12.0 Å². The van der Waals surface area contributed by atoms with Crippen LogP contribution in [-0.2, 0) is 9.53 Å². The Morgan fingerprint density at radius 2 is 1.79 bits per heavy atom. The Morgan fingerprint density at radius 3 is 2.47 bits per heavy atom. The molecule has 0 unspecified atom stereocenters. The summed E-state index contributed by atoms with van der Waals surface area (Å²) >= 11 is 0. The molecular formula is C26H31N3O5. The second-order valence-corrected chi connectivity index (χ2v) is 8.84. The first-order valence-electron chi connectivity index (χ1n) is 11.8. The van der Waals surface area contributed by atoms with Crippen molar-refractivity contribution in [3.05, 3.63) is 53.6 Å². The van der Waals surface area contributed by atoms with Gasteiger partial charge in [-0.2, -0.15) is 0 Å². The molecule has 3 amide bonds. The normalized spacial score (nSPS) is 18.0. The molecule has 2 aliphatic heterocycles. The van der Waals surface area contributed by atoms with Crippen molar-refractivity contribution in [3.63, 3.8) is 0 Å². The van der Waals surface area contributed by atoms with Gasteiger partial charge in [0.15, 0.2) is 0 Å². The highest BCUT2D eigenvalue weighted by Gasteiger charge is 2.34. The Morgan fingerprint density at radius 1 is 1.09 bits per heavy atom. The molecule has 0 radical (unpaired) electrons. The Hall–Kier alpha value is -3.55. The van der Waals surface area contributed by atoms with E-state index >= 15 is 0 Å². The van der Waals surface area contributed by atoms with Crippen LogP contribution in [-0.4, -0.2) is 55.2 Å². The van der Waals surface area contributed by atoms with E-state index in [2.05, 4.69) is 5.32 Å². The molecule has 2 aromatic rings. The number of anilines is 2. The van der Waals surface area contributed by atoms with Gasteiger partial charge in [0.25, 0.3) is 0 Å². The van der Waals surface area contributed by atoms with Gasteiger partial charge < -0.3 is 19.7 Å². The molecule has 1 atom stereocenters. The van der Waals surface area contributed by atoms with Crippen molar-refractivity contribution in [2.75, 3.05) is 36.5 Å². The van der Waals surface area contributed by atoms with Crippen molar-refractivity contribution in [1.82, 2.24) is 4.90 Å². The lowest BCUT2D eigenvalue weighted by atomic mass is 9.96. The minimum Gasteiger partial charge on any atom is -0.487 e. The summed E-state index contributed by atoms with van der Waals surface area (Å²) in [5.74, 6) is 0.0923. The van der Waals surface area contributed by atoms with Crippen LogP contribution in [0.1, 0.15) is 42.6 Å². The number of likely N-dealkylation sites (tertiary alicyclic amines) is 1. The molecule has 2 heterocycles. The molecule has 0 bridgehead atoms. The number of aryl methyl sites for hydroxylation is 1. The summed E-state index contributed by atoms with van der Waals surface area (Å²) in [7, 11) is 0. The molecule has 1 saturated heterocycles. The van der Waals surface area contributed by atoms with Gasteiger partial charge in [0.1, 0.15) is 11.9 Å². The lowest BCUT2D eigenvalue weighted by molar-refractivity contribution is -0.121. The van der Waals surface area contributed by atoms with Crippen molar-refractivity contribution < 1.29 is 23.9 Å². The molecule has 4 rings (SSSR count). The molecule has 1 N–H and O–H groups in total. The van der Waals surface area contributed by atoms with Crippen LogP contribution in [0.15, 0.2) is 42.5 Å². The summed E-state index contributed by atoms with van der Waals surface area (Å²) < 4.78 is 10.9. The number of nitrogens with zero attached hydrogens (tertiary/aromatic N) is 2. The lowest BCUT2D eigenvalue weighted by Crippen LogP contribution is -2.51. The molecule has 34 heavy (non-hydrogen) atoms. The zero-order valence-electron chi connectivity index (χ0n) is 19.9. The average molecular weight is 466 g/mol. The molecule has 0 aliphatic carbocycles. The standard InChI is InChI=1S/C26H31N3O5/c1-4-33-25(31)20-6-8-21(9-7-20)27-24(30)19-11-13-28(14-12-19)26(32)29-16-18(3)34-23-10-5-17(2)15-22(23)29/h5-10,15,18-19H,4,11-14,16H2,1-3H3,(H,27,30)/t18-/m0/s1. The van der Waals surface area contributed by atoms with Crippen LogP contribution in [0, 0.1) is 12.8 Å². The smallest absolute Gasteiger partial charge is 0.338 e. The summed E-state index contributed by atoms with van der Waals surface area (Å²) in [4.78, 5) is 41.5. The zero-order chi connectivity index (χ0) is 24.2. The maximum absolute atomic E-state index is 13.3. The highest BCUT2D eigenvalue weighted by Crippen LogP contribution is 2.35. The minimum absolute atomic E-state index is 0.0459. The van der Waals surface area contributed by atoms with Gasteiger partial charge in [-0.05, 0) is 75.6 Å². The Bertz CT molecular complexity index is 1060. The average Bonchev–Trinajstić information content (AvgIpc) is 2.84. The molecular weight excluding hydrogens is 434 g/mol. The fraction of sp³-hybridized carbons (Fsp3) is 0.423. The third-order valence-electron chi connectivity index (χ3n) is 6.20. The van der Waals surface area contributed by atoms with Crippen LogP contribution in [0.4, 0.5) is 16.2 Å². The van der Waals surface area contributed by atoms with Crippen LogP contribution in [0.2, 0.25) is 0 Å². The largest absolute Gasteiger partial charge is 0.487 e. The number of hydrogen-bond acceptors (Lipinski definition) is 5. The van der Waals surface area contributed by atoms with E-state index in [9.17, 15) is 14.4 Å². The summed E-state index contributed by atoms with van der Waals surface area (Å²) in [6.45, 7) is 7.56. The van der Waals surface area contributed by atoms with Gasteiger partial charge in [0, 0.05) is 24.7 Å². The van der Waals surface area contributed by atoms with E-state index in [1.165, 1.54) is 0 Å². The predicted octanol–water partition coefficient (Wildman–Crippen LogP) is 4.23. The molecule has 8 heteroatoms. The Kier molecular flexibility index (Phi) is 7.05. The Balaban J connectivity index is 1.33. The summed E-state index contributed by atoms with van der Waals surface area (Å²) in [5, 5.41) is 2.92. The number of hydrogen-bond donors (Lipinski definition) is 1. The second-order valence-electron chi connectivity index (χ2n) is 8.84. The van der Waals surface area contributed by atoms with Gasteiger partial charge in [-0.15, -0.1) is 0 Å². The maximum Gasteiger partial charge on any atom is 0.338 e. The molecule has 1 fully saturated rings. The summed E-state index contributed by atoms with van der Waals surface area (Å²) in [6.07, 6.45) is 1.11. The number of esters is 1. The van der Waals surface area contributed by atoms with Crippen molar-refractivity contribution in [2.45, 2.75) is 39.7 Å². The summed E-state index contributed by atoms with van der Waals surface area (Å²) in [5.41, 5.74) is 2.95. The lowest BCUT2D eigenvalue weighted by Gasteiger charge is -2.39. The fourth-order valence-electron chi connectivity index (χ4n) is 4.38. The van der Waals surface area contributed by atoms with E-state index in [1.807, 2.05) is 36.9 Å². The van der Waals surface area contributed by atoms with Crippen LogP contribution in [0.5, 0.6) is 5.75 Å². The molecule has 0 saturated carbocycles. The Labute approximate surface area is 199 Å². The third kappa shape index (κ3) is 5.16. The van der Waals surface area contributed by atoms with E-state index in [-0.39, 0.29) is 29.9 Å². The zero-order valence-corrected chi connectivity index (χ0v) is 19.9. The first-order valence-corrected chi connectivity index (χ1v) is 11.8. The first kappa shape index (κ1) is 23.6. The molecule has 0 spiro atoms. The number of urea groups is 1. The van der Waals surface area contributed by atoms with E-state index in [0.29, 0.717) is 50.3 Å². The van der Waals surface area contributed by atoms with Crippen molar-refractivity contribution in [2.24, 2.45) is 5.92 Å². The quantitative estimate of drug-likeness (QED) is 0.683. The number of amides is 3. The molecule has 180 valence electrons. The number of carbonyl (C=O) groups is 3. The van der Waals surface area contributed by atoms with Crippen molar-refractivity contribution in [1.29, 1.82) is 0 Å². The number of ether oxygens (including phenoxy) is 2. The van der Waals surface area contributed by atoms with Crippen LogP contribution >= 0.6 is 0 Å². The van der Waals surface area contributed by atoms with Crippen LogP contribution in [0.25, 0.3) is 0 Å². The van der Waals surface area contributed by atoms with E-state index in [1.54, 1.807) is 36.1 Å². The highest BCUT2D eigenvalue weighted by atomic mass is 16.5. The number of benzene rings is 2. The molecule has 8 nitrogen and oxygen atoms in total. The molecule has 2 aliphatic rings. The molecule has 0 aromatic heterocycles. The van der Waals surface area contributed by atoms with Crippen LogP contribution < -0.4 is 15.0 Å². The van der Waals surface area contributed by atoms with Gasteiger partial charge in [0.2, 0.25) is 5.91 Å². The number of piperidine rings is 1. The van der Waals surface area contributed by atoms with Crippen molar-refractivity contribution >= 4 is 29.3 Å². The topological polar surface area (TPSA) is 88.2 Å². The highest BCUT2D eigenvalue weighted by molar-refractivity contribution is 5.96. The van der Waals surface area contributed by atoms with Gasteiger partial charge in [-0.3, -0.25) is 9.69 Å². The molecule has 2 aromatic carbocycles. The summed E-state index contributed by atoms with van der Waals surface area (Å²) in [6, 6.07) is 12.5. The van der Waals surface area contributed by atoms with Gasteiger partial charge in [-0.1, -0.05) is 6.07 Å². The fourth-order valence-corrected chi connectivity index (χ4v) is 4.38. The predicted molar refractivity (Wildman–Crippen MR) is 129 cm³/mol. The first-order chi connectivity index (χ1) is 16.4. The van der Waals surface area contributed by atoms with Gasteiger partial charge in [0.05, 0.1) is 24.4 Å². The number of nitrogens with one attached hydrogen (secondary N) is 1. The van der Waals surface area contributed by atoms with E-state index in [0.717, 1.165) is 17.0 Å². The number of rotatable bonds is 4. The SMILES string of the molecule is CCOC(=O)c1ccc(NC(=O)C2CCN(C(=O)N3C[C@H](C)Oc4ccc(C)cc43)CC2)cc1. The second kappa shape index (κ2) is 10.2. The number of carbonyl (C=O) groups excluding carboxylic acids is 3. The van der Waals surface area contributed by atoms with E-state index < -0.39 is 0 Å². The van der Waals surface area contributed by atoms with Gasteiger partial charge in [-0.25, -0.2) is 9.59 Å². The third-order valence-corrected chi connectivity index (χ3v) is 6.20. The van der Waals surface area contributed by atoms with Crippen LogP contribution in [0.3, 0.4) is 0 Å². The maximum atomic E-state index is 13.3. The van der Waals surface area contributed by atoms with E-state index in [4.69, 9.17) is 9.47 Å². The minimum atomic E-state index is -0.384. The number of fused-ring (bicyclic) bond motifs is 1.